The van der Waals surface area contributed by atoms with Gasteiger partial charge in [-0.25, -0.2) is 0 Å². The second-order valence-electron chi connectivity index (χ2n) is 2.73. The molecule has 0 fully saturated rings. The lowest BCUT2D eigenvalue weighted by Gasteiger charge is -2.06. The molecule has 1 rings (SSSR count). The van der Waals surface area contributed by atoms with Crippen LogP contribution in [0.4, 0.5) is 0 Å². The molecule has 0 atom stereocenters. The molecule has 0 saturated carbocycles. The van der Waals surface area contributed by atoms with Crippen LogP contribution < -0.4 is 4.74 Å². The van der Waals surface area contributed by atoms with Gasteiger partial charge in [-0.1, -0.05) is 17.7 Å². The first-order valence-corrected chi connectivity index (χ1v) is 4.64. The molecule has 0 aromatic heterocycles. The van der Waals surface area contributed by atoms with Crippen LogP contribution in [0, 0.1) is 0 Å². The van der Waals surface area contributed by atoms with Crippen LogP contribution in [0.25, 0.3) is 0 Å². The van der Waals surface area contributed by atoms with Crippen molar-refractivity contribution < 1.29 is 9.53 Å². The lowest BCUT2D eigenvalue weighted by atomic mass is 10.2. The van der Waals surface area contributed by atoms with Crippen molar-refractivity contribution in [1.82, 2.24) is 0 Å². The Morgan fingerprint density at radius 2 is 2.29 bits per heavy atom. The molecule has 1 aromatic carbocycles. The molecule has 14 heavy (non-hydrogen) atoms. The highest BCUT2D eigenvalue weighted by molar-refractivity contribution is 6.30. The summed E-state index contributed by atoms with van der Waals surface area (Å²) in [5, 5.41) is 0.531. The Hall–Kier alpha value is -1.28. The largest absolute Gasteiger partial charge is 0.493 e. The monoisotopic (exact) mass is 210 g/mol. The van der Waals surface area contributed by atoms with Gasteiger partial charge in [0, 0.05) is 5.02 Å². The zero-order valence-electron chi connectivity index (χ0n) is 7.70. The van der Waals surface area contributed by atoms with Gasteiger partial charge in [0.1, 0.15) is 5.75 Å². The van der Waals surface area contributed by atoms with Crippen molar-refractivity contribution in [3.63, 3.8) is 0 Å². The normalized spacial score (nSPS) is 9.50. The number of aldehydes is 1. The van der Waals surface area contributed by atoms with Crippen LogP contribution >= 0.6 is 11.6 Å². The van der Waals surface area contributed by atoms with Gasteiger partial charge in [-0.15, -0.1) is 6.58 Å². The summed E-state index contributed by atoms with van der Waals surface area (Å²) in [6.45, 7) is 4.10. The summed E-state index contributed by atoms with van der Waals surface area (Å²) in [7, 11) is 0. The molecule has 1 aromatic rings. The first-order chi connectivity index (χ1) is 6.77. The molecule has 0 amide bonds. The minimum absolute atomic E-state index is 0.474. The van der Waals surface area contributed by atoms with E-state index in [0.717, 1.165) is 12.7 Å². The Labute approximate surface area is 88.1 Å². The molecule has 0 radical (unpaired) electrons. The number of carbonyl (C=O) groups is 1. The first-order valence-electron chi connectivity index (χ1n) is 4.26. The van der Waals surface area contributed by atoms with E-state index in [2.05, 4.69) is 6.58 Å². The van der Waals surface area contributed by atoms with E-state index in [0.29, 0.717) is 22.9 Å². The summed E-state index contributed by atoms with van der Waals surface area (Å²) in [4.78, 5) is 10.7. The Balaban J connectivity index is 2.74. The van der Waals surface area contributed by atoms with Crippen LogP contribution in [0.15, 0.2) is 30.9 Å². The number of rotatable bonds is 5. The smallest absolute Gasteiger partial charge is 0.153 e. The topological polar surface area (TPSA) is 26.3 Å². The van der Waals surface area contributed by atoms with Gasteiger partial charge in [0.25, 0.3) is 0 Å². The second-order valence-corrected chi connectivity index (χ2v) is 3.16. The molecule has 0 N–H and O–H groups in total. The molecule has 0 aliphatic carbocycles. The highest BCUT2D eigenvalue weighted by Crippen LogP contribution is 2.21. The molecule has 2 nitrogen and oxygen atoms in total. The highest BCUT2D eigenvalue weighted by Gasteiger charge is 2.02. The van der Waals surface area contributed by atoms with Gasteiger partial charge >= 0.3 is 0 Å². The Kier molecular flexibility index (Phi) is 4.20. The first kappa shape index (κ1) is 10.8. The van der Waals surface area contributed by atoms with Crippen LogP contribution in [0.5, 0.6) is 5.75 Å². The van der Waals surface area contributed by atoms with Crippen molar-refractivity contribution in [3.8, 4) is 5.75 Å². The van der Waals surface area contributed by atoms with E-state index in [9.17, 15) is 4.79 Å². The maximum absolute atomic E-state index is 10.7. The van der Waals surface area contributed by atoms with E-state index in [4.69, 9.17) is 16.3 Å². The van der Waals surface area contributed by atoms with Crippen molar-refractivity contribution in [3.05, 3.63) is 41.4 Å². The Morgan fingerprint density at radius 1 is 1.50 bits per heavy atom. The minimum Gasteiger partial charge on any atom is -0.493 e. The van der Waals surface area contributed by atoms with Crippen molar-refractivity contribution in [1.29, 1.82) is 0 Å². The molecule has 0 heterocycles. The van der Waals surface area contributed by atoms with E-state index >= 15 is 0 Å². The van der Waals surface area contributed by atoms with Crippen molar-refractivity contribution >= 4 is 17.9 Å². The fourth-order valence-corrected chi connectivity index (χ4v) is 1.18. The average Bonchev–Trinajstić information content (AvgIpc) is 2.20. The minimum atomic E-state index is 0.474. The van der Waals surface area contributed by atoms with Crippen LogP contribution in [0.1, 0.15) is 16.8 Å². The van der Waals surface area contributed by atoms with Crippen molar-refractivity contribution in [2.24, 2.45) is 0 Å². The zero-order chi connectivity index (χ0) is 10.4. The molecule has 0 saturated heterocycles. The van der Waals surface area contributed by atoms with Crippen molar-refractivity contribution in [2.75, 3.05) is 6.61 Å². The number of hydrogen-bond donors (Lipinski definition) is 0. The number of carbonyl (C=O) groups excluding carboxylic acids is 1. The maximum atomic E-state index is 10.7. The van der Waals surface area contributed by atoms with Gasteiger partial charge in [-0.05, 0) is 24.6 Å². The van der Waals surface area contributed by atoms with Crippen LogP contribution in [0.3, 0.4) is 0 Å². The number of ether oxygens (including phenoxy) is 1. The van der Waals surface area contributed by atoms with Gasteiger partial charge < -0.3 is 4.74 Å². The van der Waals surface area contributed by atoms with Crippen LogP contribution in [-0.2, 0) is 0 Å². The quantitative estimate of drug-likeness (QED) is 0.424. The van der Waals surface area contributed by atoms with E-state index in [-0.39, 0.29) is 0 Å². The summed E-state index contributed by atoms with van der Waals surface area (Å²) in [5.74, 6) is 0.561. The summed E-state index contributed by atoms with van der Waals surface area (Å²) < 4.78 is 5.36. The molecule has 0 bridgehead atoms. The lowest BCUT2D eigenvalue weighted by molar-refractivity contribution is 0.111. The third-order valence-corrected chi connectivity index (χ3v) is 1.91. The summed E-state index contributed by atoms with van der Waals surface area (Å²) in [5.41, 5.74) is 0.474. The van der Waals surface area contributed by atoms with Gasteiger partial charge in [-0.3, -0.25) is 4.79 Å². The van der Waals surface area contributed by atoms with Crippen LogP contribution in [-0.4, -0.2) is 12.9 Å². The summed E-state index contributed by atoms with van der Waals surface area (Å²) in [6, 6.07) is 4.96. The predicted molar refractivity (Wildman–Crippen MR) is 57.1 cm³/mol. The maximum Gasteiger partial charge on any atom is 0.153 e. The molecule has 3 heteroatoms. The fourth-order valence-electron chi connectivity index (χ4n) is 0.995. The molecule has 0 aliphatic heterocycles. The zero-order valence-corrected chi connectivity index (χ0v) is 8.46. The second kappa shape index (κ2) is 5.45. The lowest BCUT2D eigenvalue weighted by Crippen LogP contribution is -1.98. The number of benzene rings is 1. The molecular weight excluding hydrogens is 200 g/mol. The molecule has 0 spiro atoms. The predicted octanol–water partition coefficient (Wildman–Crippen LogP) is 3.11. The van der Waals surface area contributed by atoms with Gasteiger partial charge in [0.15, 0.2) is 6.29 Å². The average molecular weight is 211 g/mol. The standard InChI is InChI=1S/C11H11ClO2/c1-2-3-6-14-11-5-4-10(12)7-9(11)8-13/h2,4-5,7-8H,1,3,6H2. The van der Waals surface area contributed by atoms with E-state index in [1.807, 2.05) is 0 Å². The fraction of sp³-hybridized carbons (Fsp3) is 0.182. The molecular formula is C11H11ClO2. The summed E-state index contributed by atoms with van der Waals surface area (Å²) >= 11 is 5.73. The highest BCUT2D eigenvalue weighted by atomic mass is 35.5. The Bertz CT molecular complexity index is 334. The SMILES string of the molecule is C=CCCOc1ccc(Cl)cc1C=O. The van der Waals surface area contributed by atoms with Gasteiger partial charge in [0.05, 0.1) is 12.2 Å². The third kappa shape index (κ3) is 2.89. The van der Waals surface area contributed by atoms with Crippen LogP contribution in [0.2, 0.25) is 5.02 Å². The Morgan fingerprint density at radius 3 is 2.93 bits per heavy atom. The number of hydrogen-bond acceptors (Lipinski definition) is 2. The van der Waals surface area contributed by atoms with E-state index < -0.39 is 0 Å². The number of halogens is 1. The van der Waals surface area contributed by atoms with E-state index in [1.54, 1.807) is 24.3 Å². The molecule has 0 aliphatic rings. The van der Waals surface area contributed by atoms with Crippen molar-refractivity contribution in [2.45, 2.75) is 6.42 Å². The molecule has 74 valence electrons. The third-order valence-electron chi connectivity index (χ3n) is 1.68. The van der Waals surface area contributed by atoms with Gasteiger partial charge in [0.2, 0.25) is 0 Å². The van der Waals surface area contributed by atoms with E-state index in [1.165, 1.54) is 0 Å². The van der Waals surface area contributed by atoms with Gasteiger partial charge in [-0.2, -0.15) is 0 Å². The molecule has 0 unspecified atom stereocenters. The summed E-state index contributed by atoms with van der Waals surface area (Å²) in [6.07, 6.45) is 3.24.